The van der Waals surface area contributed by atoms with Crippen molar-refractivity contribution in [2.75, 3.05) is 13.2 Å². The van der Waals surface area contributed by atoms with E-state index >= 15 is 0 Å². The van der Waals surface area contributed by atoms with E-state index in [0.29, 0.717) is 12.8 Å². The van der Waals surface area contributed by atoms with E-state index < -0.39 is 17.6 Å². The summed E-state index contributed by atoms with van der Waals surface area (Å²) in [6, 6.07) is 0. The lowest BCUT2D eigenvalue weighted by atomic mass is 9.45. The summed E-state index contributed by atoms with van der Waals surface area (Å²) in [7, 11) is 0. The SMILES string of the molecule is C=C(CO)C1CC2=CCC3C(C)(CO)C(O)CCC3(C)C2C(O)C1. The van der Waals surface area contributed by atoms with Crippen molar-refractivity contribution in [1.82, 2.24) is 0 Å². The third-order valence-corrected chi connectivity index (χ3v) is 7.55. The molecule has 2 fully saturated rings. The predicted molar refractivity (Wildman–Crippen MR) is 93.2 cm³/mol. The highest BCUT2D eigenvalue weighted by atomic mass is 16.3. The number of allylic oxidation sites excluding steroid dienone is 1. The van der Waals surface area contributed by atoms with Crippen molar-refractivity contribution in [1.29, 1.82) is 0 Å². The molecule has 0 saturated heterocycles. The van der Waals surface area contributed by atoms with E-state index in [9.17, 15) is 20.4 Å². The van der Waals surface area contributed by atoms with Gasteiger partial charge in [0, 0.05) is 11.3 Å². The van der Waals surface area contributed by atoms with Crippen LogP contribution < -0.4 is 0 Å². The molecule has 3 aliphatic carbocycles. The van der Waals surface area contributed by atoms with E-state index in [1.807, 2.05) is 6.92 Å². The Balaban J connectivity index is 1.96. The zero-order valence-electron chi connectivity index (χ0n) is 14.9. The van der Waals surface area contributed by atoms with Crippen LogP contribution in [0.3, 0.4) is 0 Å². The van der Waals surface area contributed by atoms with Crippen LogP contribution in [0.1, 0.15) is 46.0 Å². The molecule has 4 nitrogen and oxygen atoms in total. The molecule has 24 heavy (non-hydrogen) atoms. The van der Waals surface area contributed by atoms with Gasteiger partial charge in [0.05, 0.1) is 25.4 Å². The minimum Gasteiger partial charge on any atom is -0.396 e. The zero-order chi connectivity index (χ0) is 17.7. The standard InChI is InChI=1S/C20H32O4/c1-12(10-21)14-8-13-4-5-16-19(2,18(13)15(23)9-14)7-6-17(24)20(16,3)11-22/h4,14-18,21-24H,1,5-11H2,2-3H3. The molecule has 136 valence electrons. The summed E-state index contributed by atoms with van der Waals surface area (Å²) in [4.78, 5) is 0. The number of hydrogen-bond donors (Lipinski definition) is 4. The van der Waals surface area contributed by atoms with Gasteiger partial charge in [-0.25, -0.2) is 0 Å². The Hall–Kier alpha value is -0.680. The second-order valence-electron chi connectivity index (χ2n) is 8.79. The van der Waals surface area contributed by atoms with Crippen molar-refractivity contribution >= 4 is 0 Å². The van der Waals surface area contributed by atoms with Crippen molar-refractivity contribution in [3.8, 4) is 0 Å². The fourth-order valence-corrected chi connectivity index (χ4v) is 6.02. The lowest BCUT2D eigenvalue weighted by Crippen LogP contribution is -2.59. The maximum atomic E-state index is 10.9. The fourth-order valence-electron chi connectivity index (χ4n) is 6.02. The summed E-state index contributed by atoms with van der Waals surface area (Å²) in [5.41, 5.74) is 1.47. The van der Waals surface area contributed by atoms with Gasteiger partial charge in [-0.15, -0.1) is 0 Å². The van der Waals surface area contributed by atoms with Gasteiger partial charge in [0.2, 0.25) is 0 Å². The van der Waals surface area contributed by atoms with Crippen LogP contribution in [0.4, 0.5) is 0 Å². The molecule has 4 heteroatoms. The average molecular weight is 336 g/mol. The van der Waals surface area contributed by atoms with Gasteiger partial charge >= 0.3 is 0 Å². The summed E-state index contributed by atoms with van der Waals surface area (Å²) < 4.78 is 0. The Bertz CT molecular complexity index is 542. The Labute approximate surface area is 144 Å². The van der Waals surface area contributed by atoms with Crippen LogP contribution in [-0.2, 0) is 0 Å². The first-order valence-electron chi connectivity index (χ1n) is 9.22. The van der Waals surface area contributed by atoms with Crippen LogP contribution in [0.25, 0.3) is 0 Å². The smallest absolute Gasteiger partial charge is 0.0641 e. The van der Waals surface area contributed by atoms with Crippen molar-refractivity contribution in [2.24, 2.45) is 28.6 Å². The van der Waals surface area contributed by atoms with Crippen molar-refractivity contribution in [3.63, 3.8) is 0 Å². The minimum atomic E-state index is -0.514. The minimum absolute atomic E-state index is 0.0235. The van der Waals surface area contributed by atoms with Crippen molar-refractivity contribution < 1.29 is 20.4 Å². The topological polar surface area (TPSA) is 80.9 Å². The molecule has 0 aromatic carbocycles. The molecule has 0 spiro atoms. The first-order chi connectivity index (χ1) is 11.3. The lowest BCUT2D eigenvalue weighted by Gasteiger charge is -2.61. The molecule has 0 bridgehead atoms. The highest BCUT2D eigenvalue weighted by Gasteiger charge is 2.59. The number of fused-ring (bicyclic) bond motifs is 3. The second kappa shape index (κ2) is 6.24. The molecule has 0 aliphatic heterocycles. The fraction of sp³-hybridized carbons (Fsp3) is 0.800. The highest BCUT2D eigenvalue weighted by Crippen LogP contribution is 2.62. The van der Waals surface area contributed by atoms with E-state index in [-0.39, 0.29) is 36.4 Å². The first-order valence-corrected chi connectivity index (χ1v) is 9.22. The molecule has 0 radical (unpaired) electrons. The second-order valence-corrected chi connectivity index (χ2v) is 8.79. The maximum absolute atomic E-state index is 10.9. The number of aliphatic hydroxyl groups excluding tert-OH is 4. The number of aliphatic hydroxyl groups is 4. The molecule has 0 heterocycles. The van der Waals surface area contributed by atoms with Gasteiger partial charge in [0.15, 0.2) is 0 Å². The van der Waals surface area contributed by atoms with E-state index in [4.69, 9.17) is 0 Å². The first kappa shape index (κ1) is 18.1. The Kier molecular flexibility index (Phi) is 4.71. The van der Waals surface area contributed by atoms with Crippen LogP contribution in [0.15, 0.2) is 23.8 Å². The average Bonchev–Trinajstić information content (AvgIpc) is 2.57. The Morgan fingerprint density at radius 3 is 2.62 bits per heavy atom. The molecular weight excluding hydrogens is 304 g/mol. The van der Waals surface area contributed by atoms with E-state index in [0.717, 1.165) is 24.8 Å². The van der Waals surface area contributed by atoms with Crippen LogP contribution in [-0.4, -0.2) is 45.8 Å². The van der Waals surface area contributed by atoms with Gasteiger partial charge < -0.3 is 20.4 Å². The molecule has 0 amide bonds. The molecule has 7 atom stereocenters. The normalized spacial score (nSPS) is 48.2. The summed E-state index contributed by atoms with van der Waals surface area (Å²) in [5.74, 6) is 0.392. The Morgan fingerprint density at radius 2 is 2.00 bits per heavy atom. The quantitative estimate of drug-likeness (QED) is 0.595. The summed E-state index contributed by atoms with van der Waals surface area (Å²) in [6.45, 7) is 8.14. The third-order valence-electron chi connectivity index (χ3n) is 7.55. The zero-order valence-corrected chi connectivity index (χ0v) is 14.9. The monoisotopic (exact) mass is 336 g/mol. The summed E-state index contributed by atoms with van der Waals surface area (Å²) in [5, 5.41) is 40.8. The molecule has 3 rings (SSSR count). The molecular formula is C20H32O4. The molecule has 4 N–H and O–H groups in total. The number of hydrogen-bond acceptors (Lipinski definition) is 4. The molecule has 7 unspecified atom stereocenters. The van der Waals surface area contributed by atoms with Gasteiger partial charge in [-0.2, -0.15) is 0 Å². The van der Waals surface area contributed by atoms with Crippen molar-refractivity contribution in [2.45, 2.75) is 58.2 Å². The summed E-state index contributed by atoms with van der Waals surface area (Å²) in [6.07, 6.45) is 5.17. The van der Waals surface area contributed by atoms with E-state index in [1.54, 1.807) is 0 Å². The van der Waals surface area contributed by atoms with Crippen LogP contribution in [0.5, 0.6) is 0 Å². The van der Waals surface area contributed by atoms with Gasteiger partial charge in [0.25, 0.3) is 0 Å². The molecule has 0 aromatic rings. The Morgan fingerprint density at radius 1 is 1.29 bits per heavy atom. The van der Waals surface area contributed by atoms with Gasteiger partial charge in [-0.1, -0.05) is 32.1 Å². The predicted octanol–water partition coefficient (Wildman–Crippen LogP) is 2.03. The third kappa shape index (κ3) is 2.50. The molecule has 2 saturated carbocycles. The lowest BCUT2D eigenvalue weighted by molar-refractivity contribution is -0.161. The molecule has 3 aliphatic rings. The van der Waals surface area contributed by atoms with Gasteiger partial charge in [-0.3, -0.25) is 0 Å². The number of rotatable bonds is 3. The van der Waals surface area contributed by atoms with E-state index in [1.165, 1.54) is 5.57 Å². The van der Waals surface area contributed by atoms with Crippen LogP contribution >= 0.6 is 0 Å². The maximum Gasteiger partial charge on any atom is 0.0641 e. The van der Waals surface area contributed by atoms with Crippen LogP contribution in [0.2, 0.25) is 0 Å². The van der Waals surface area contributed by atoms with Gasteiger partial charge in [0.1, 0.15) is 0 Å². The molecule has 0 aromatic heterocycles. The van der Waals surface area contributed by atoms with Gasteiger partial charge in [-0.05, 0) is 54.9 Å². The highest BCUT2D eigenvalue weighted by molar-refractivity contribution is 5.27. The van der Waals surface area contributed by atoms with Crippen LogP contribution in [0, 0.1) is 28.6 Å². The van der Waals surface area contributed by atoms with E-state index in [2.05, 4.69) is 19.6 Å². The summed E-state index contributed by atoms with van der Waals surface area (Å²) >= 11 is 0. The van der Waals surface area contributed by atoms with Crippen molar-refractivity contribution in [3.05, 3.63) is 23.8 Å². The largest absolute Gasteiger partial charge is 0.396 e.